The van der Waals surface area contributed by atoms with Crippen molar-refractivity contribution in [2.45, 2.75) is 38.3 Å². The molecule has 170 valence electrons. The van der Waals surface area contributed by atoms with E-state index in [1.54, 1.807) is 18.7 Å². The summed E-state index contributed by atoms with van der Waals surface area (Å²) in [6, 6.07) is 25.9. The summed E-state index contributed by atoms with van der Waals surface area (Å²) in [6.07, 6.45) is 0.0672. The summed E-state index contributed by atoms with van der Waals surface area (Å²) in [5.74, 6) is 0.00158. The Balaban J connectivity index is 1.70. The molecule has 3 aromatic carbocycles. The van der Waals surface area contributed by atoms with Gasteiger partial charge in [0.15, 0.2) is 11.0 Å². The number of rotatable bonds is 8. The number of hydrogen-bond donors (Lipinski definition) is 2. The summed E-state index contributed by atoms with van der Waals surface area (Å²) in [5.41, 5.74) is 4.49. The first-order chi connectivity index (χ1) is 16.0. The number of Topliss-reactive ketones (excluding diaryl/α,β-unsaturated/α-hetero) is 1. The number of aliphatic imine (C=N–C) groups is 1. The van der Waals surface area contributed by atoms with Gasteiger partial charge < -0.3 is 15.3 Å². The van der Waals surface area contributed by atoms with Crippen LogP contribution in [-0.4, -0.2) is 39.0 Å². The lowest BCUT2D eigenvalue weighted by atomic mass is 10.1. The molecular weight excluding hydrogens is 430 g/mol. The lowest BCUT2D eigenvalue weighted by Crippen LogP contribution is -2.37. The predicted molar refractivity (Wildman–Crippen MR) is 137 cm³/mol. The average Bonchev–Trinajstić information content (AvgIpc) is 3.10. The van der Waals surface area contributed by atoms with E-state index in [2.05, 4.69) is 29.6 Å². The molecule has 0 amide bonds. The van der Waals surface area contributed by atoms with Crippen molar-refractivity contribution in [3.05, 3.63) is 95.6 Å². The Morgan fingerprint density at radius 1 is 1.03 bits per heavy atom. The molecule has 1 heterocycles. The first-order valence-corrected chi connectivity index (χ1v) is 12.1. The van der Waals surface area contributed by atoms with Gasteiger partial charge in [0, 0.05) is 18.7 Å². The molecule has 0 radical (unpaired) electrons. The Morgan fingerprint density at radius 3 is 2.33 bits per heavy atom. The van der Waals surface area contributed by atoms with Gasteiger partial charge in [0.2, 0.25) is 0 Å². The molecule has 0 saturated carbocycles. The monoisotopic (exact) mass is 459 g/mol. The van der Waals surface area contributed by atoms with Crippen LogP contribution in [0.3, 0.4) is 0 Å². The molecule has 3 aromatic rings. The first-order valence-electron chi connectivity index (χ1n) is 11.2. The van der Waals surface area contributed by atoms with Crippen LogP contribution in [-0.2, 0) is 13.0 Å². The molecule has 1 aliphatic heterocycles. The van der Waals surface area contributed by atoms with Crippen molar-refractivity contribution in [2.75, 3.05) is 11.9 Å². The molecule has 33 heavy (non-hydrogen) atoms. The molecule has 2 N–H and O–H groups in total. The number of nitrogens with one attached hydrogen (secondary N) is 1. The lowest BCUT2D eigenvalue weighted by molar-refractivity contribution is 0.0555. The van der Waals surface area contributed by atoms with Crippen molar-refractivity contribution >= 4 is 34.1 Å². The molecular formula is C27H29N3O2S. The number of benzene rings is 3. The Hall–Kier alpha value is -3.09. The minimum absolute atomic E-state index is 0.00158. The number of hydrogen-bond acceptors (Lipinski definition) is 5. The van der Waals surface area contributed by atoms with Gasteiger partial charge in [-0.15, -0.1) is 0 Å². The number of carbonyl (C=O) groups excluding carboxylic acids is 1. The summed E-state index contributed by atoms with van der Waals surface area (Å²) >= 11 is 1.59. The molecule has 2 atom stereocenters. The van der Waals surface area contributed by atoms with Crippen LogP contribution in [0.1, 0.15) is 35.3 Å². The van der Waals surface area contributed by atoms with Gasteiger partial charge in [-0.1, -0.05) is 72.4 Å². The summed E-state index contributed by atoms with van der Waals surface area (Å²) < 4.78 is 0. The van der Waals surface area contributed by atoms with Crippen LogP contribution < -0.4 is 5.32 Å². The molecule has 0 aliphatic carbocycles. The van der Waals surface area contributed by atoms with Gasteiger partial charge in [0.05, 0.1) is 16.6 Å². The number of aliphatic hydroxyl groups excluding tert-OH is 1. The maximum atomic E-state index is 12.0. The van der Waals surface area contributed by atoms with Gasteiger partial charge in [-0.2, -0.15) is 0 Å². The van der Waals surface area contributed by atoms with Crippen molar-refractivity contribution in [1.82, 2.24) is 4.90 Å². The van der Waals surface area contributed by atoms with Crippen molar-refractivity contribution in [1.29, 1.82) is 0 Å². The van der Waals surface area contributed by atoms with Crippen LogP contribution in [0.5, 0.6) is 0 Å². The highest BCUT2D eigenvalue weighted by Gasteiger charge is 2.38. The summed E-state index contributed by atoms with van der Waals surface area (Å²) in [4.78, 5) is 18.9. The minimum atomic E-state index is -0.673. The topological polar surface area (TPSA) is 64.9 Å². The van der Waals surface area contributed by atoms with E-state index in [4.69, 9.17) is 4.99 Å². The van der Waals surface area contributed by atoms with Crippen LogP contribution in [0.25, 0.3) is 0 Å². The second-order valence-corrected chi connectivity index (χ2v) is 9.29. The third-order valence-electron chi connectivity index (χ3n) is 5.62. The van der Waals surface area contributed by atoms with Gasteiger partial charge in [-0.3, -0.25) is 4.79 Å². The largest absolute Gasteiger partial charge is 0.384 e. The highest BCUT2D eigenvalue weighted by molar-refractivity contribution is 8.14. The van der Waals surface area contributed by atoms with E-state index in [0.29, 0.717) is 17.8 Å². The SMILES string of the molecule is CCNc1ccc(C(C)=O)cc1/N=C1\SC(Cc2ccccc2)C(O)N1Cc1ccccc1. The van der Waals surface area contributed by atoms with E-state index in [1.807, 2.05) is 66.4 Å². The van der Waals surface area contributed by atoms with Crippen LogP contribution in [0.2, 0.25) is 0 Å². The molecule has 0 aromatic heterocycles. The second-order valence-electron chi connectivity index (χ2n) is 8.09. The van der Waals surface area contributed by atoms with Crippen LogP contribution in [0.4, 0.5) is 11.4 Å². The van der Waals surface area contributed by atoms with E-state index in [1.165, 1.54) is 5.56 Å². The van der Waals surface area contributed by atoms with Crippen LogP contribution >= 0.6 is 11.8 Å². The van der Waals surface area contributed by atoms with E-state index < -0.39 is 6.23 Å². The van der Waals surface area contributed by atoms with Gasteiger partial charge in [-0.25, -0.2) is 4.99 Å². The van der Waals surface area contributed by atoms with E-state index >= 15 is 0 Å². The maximum absolute atomic E-state index is 12.0. The average molecular weight is 460 g/mol. The van der Waals surface area contributed by atoms with E-state index in [9.17, 15) is 9.90 Å². The minimum Gasteiger partial charge on any atom is -0.384 e. The summed E-state index contributed by atoms with van der Waals surface area (Å²) in [6.45, 7) is 4.89. The van der Waals surface area contributed by atoms with Crippen molar-refractivity contribution in [2.24, 2.45) is 4.99 Å². The quantitative estimate of drug-likeness (QED) is 0.436. The summed E-state index contributed by atoms with van der Waals surface area (Å²) in [5, 5.41) is 15.3. The predicted octanol–water partition coefficient (Wildman–Crippen LogP) is 5.49. The van der Waals surface area contributed by atoms with E-state index in [-0.39, 0.29) is 11.0 Å². The molecule has 5 nitrogen and oxygen atoms in total. The van der Waals surface area contributed by atoms with Gasteiger partial charge in [0.1, 0.15) is 6.23 Å². The van der Waals surface area contributed by atoms with Crippen molar-refractivity contribution in [3.63, 3.8) is 0 Å². The fourth-order valence-electron chi connectivity index (χ4n) is 3.89. The standard InChI is InChI=1S/C27H29N3O2S/c1-3-28-23-15-14-22(19(2)31)17-24(23)29-27-30(18-21-12-8-5-9-13-21)26(32)25(33-27)16-20-10-6-4-7-11-20/h4-15,17,25-26,28,32H,3,16,18H2,1-2H3/b29-27-. The lowest BCUT2D eigenvalue weighted by Gasteiger charge is -2.24. The van der Waals surface area contributed by atoms with E-state index in [0.717, 1.165) is 29.4 Å². The Kier molecular flexibility index (Phi) is 7.47. The fourth-order valence-corrected chi connectivity index (χ4v) is 5.16. The van der Waals surface area contributed by atoms with Crippen molar-refractivity contribution in [3.8, 4) is 0 Å². The third-order valence-corrected chi connectivity index (χ3v) is 6.87. The number of thioether (sulfide) groups is 1. The van der Waals surface area contributed by atoms with Gasteiger partial charge >= 0.3 is 0 Å². The highest BCUT2D eigenvalue weighted by atomic mass is 32.2. The molecule has 1 fully saturated rings. The highest BCUT2D eigenvalue weighted by Crippen LogP contribution is 2.37. The molecule has 0 bridgehead atoms. The Labute approximate surface area is 199 Å². The number of anilines is 1. The smallest absolute Gasteiger partial charge is 0.167 e. The molecule has 2 unspecified atom stereocenters. The first kappa shape index (κ1) is 23.1. The Morgan fingerprint density at radius 2 is 1.70 bits per heavy atom. The molecule has 1 saturated heterocycles. The Bertz CT molecular complexity index is 1120. The summed E-state index contributed by atoms with van der Waals surface area (Å²) in [7, 11) is 0. The molecule has 0 spiro atoms. The zero-order chi connectivity index (χ0) is 23.2. The normalized spacial score (nSPS) is 19.1. The third kappa shape index (κ3) is 5.64. The zero-order valence-corrected chi connectivity index (χ0v) is 19.8. The molecule has 1 aliphatic rings. The number of ketones is 1. The van der Waals surface area contributed by atoms with Crippen LogP contribution in [0, 0.1) is 0 Å². The zero-order valence-electron chi connectivity index (χ0n) is 18.9. The van der Waals surface area contributed by atoms with Gasteiger partial charge in [-0.05, 0) is 49.6 Å². The molecule has 6 heteroatoms. The maximum Gasteiger partial charge on any atom is 0.167 e. The second kappa shape index (κ2) is 10.7. The molecule has 4 rings (SSSR count). The number of nitrogens with zero attached hydrogens (tertiary/aromatic N) is 2. The number of carbonyl (C=O) groups is 1. The fraction of sp³-hybridized carbons (Fsp3) is 0.259. The number of aliphatic hydroxyl groups is 1. The number of amidine groups is 1. The van der Waals surface area contributed by atoms with Crippen molar-refractivity contribution < 1.29 is 9.90 Å². The van der Waals surface area contributed by atoms with Gasteiger partial charge in [0.25, 0.3) is 0 Å². The van der Waals surface area contributed by atoms with Crippen LogP contribution in [0.15, 0.2) is 83.9 Å².